The number of aliphatic carboxylic acids is 3. The number of carbonyl (C=O) groups excluding carboxylic acids is 1. The third kappa shape index (κ3) is 10.3. The standard InChI is InChI=1S/C42H62O16.C19H20FNO3/c1-37(2)21-8-11-42(7)31(20(43)16-18-19-17-39(4,36(53)54)13-12-38(19,3)14-15-41(18,42)6)40(21,5)10-9-22(37)55-35-30(26(47)25(46)29(57-35)33(51)52)58-34-27(48)23(44)24(45)28(56-34)32(49)50;20-15-3-1-13(2-4-15)17-7-8-21-10-14(17)11-22-16-5-6-18-19(9-16)24-12-23-18/h16,19,21-31,34-35,44-48H,8-15,17H2,1-7H3,(H,49,50)(H,51,52)(H,53,54);1-6,9,14,17,21H,7-8,10-12H2/t19-,21?,22-,23-,24-,25-,26-,27+,28-,29-,30+,31?,34-,35-,38+,39-,40-,41+,42+;/m0./s1. The maximum Gasteiger partial charge on any atom is 0.335 e. The van der Waals surface area contributed by atoms with E-state index in [1.54, 1.807) is 0 Å². The fourth-order valence-electron chi connectivity index (χ4n) is 16.8. The van der Waals surface area contributed by atoms with Gasteiger partial charge in [-0.2, -0.15) is 0 Å². The molecular formula is C61H82FNO19. The lowest BCUT2D eigenvalue weighted by Gasteiger charge is -2.70. The molecule has 2 aromatic carbocycles. The maximum absolute atomic E-state index is 14.8. The van der Waals surface area contributed by atoms with Crippen molar-refractivity contribution >= 4 is 23.7 Å². The third-order valence-corrected chi connectivity index (χ3v) is 21.9. The van der Waals surface area contributed by atoms with Gasteiger partial charge in [0.1, 0.15) is 48.2 Å². The molecule has 21 heteroatoms. The molecule has 3 saturated heterocycles. The quantitative estimate of drug-likeness (QED) is 0.124. The van der Waals surface area contributed by atoms with Crippen molar-refractivity contribution in [1.82, 2.24) is 5.32 Å². The molecule has 4 heterocycles. The van der Waals surface area contributed by atoms with Crippen molar-refractivity contribution in [3.8, 4) is 17.2 Å². The number of piperidine rings is 1. The second-order valence-corrected chi connectivity index (χ2v) is 26.9. The Labute approximate surface area is 476 Å². The first-order chi connectivity index (χ1) is 38.6. The molecular weight excluding hydrogens is 1070 g/mol. The number of allylic oxidation sites excluding steroid dienone is 2. The average molecular weight is 1150 g/mol. The summed E-state index contributed by atoms with van der Waals surface area (Å²) < 4.78 is 53.2. The highest BCUT2D eigenvalue weighted by atomic mass is 19.1. The minimum Gasteiger partial charge on any atom is -0.493 e. The summed E-state index contributed by atoms with van der Waals surface area (Å²) in [7, 11) is 0. The molecule has 4 saturated carbocycles. The zero-order valence-corrected chi connectivity index (χ0v) is 47.7. The number of ketones is 1. The highest BCUT2D eigenvalue weighted by molar-refractivity contribution is 5.95. The van der Waals surface area contributed by atoms with Crippen molar-refractivity contribution in [2.24, 2.45) is 56.2 Å². The minimum atomic E-state index is -2.05. The SMILES string of the molecule is CC1(C)C2CC[C@]3(C)C(C(=O)C=C4[C@@H]5C[C@@](C)(C(=O)O)CC[C@]5(C)CC[C@]43C)[C@@]2(C)CC[C@@H]1O[C@H]1O[C@H](C(=O)O)[C@@H](O)[C@H](O)[C@H]1O[C@@H]1O[C@H](C(=O)O)[C@@H](O)[C@H](O)[C@H]1O.Fc1ccc(C2CCNCC2COc2ccc3c(c2)OCO3)cc1. The largest absolute Gasteiger partial charge is 0.493 e. The van der Waals surface area contributed by atoms with Gasteiger partial charge in [0.15, 0.2) is 42.1 Å². The molecule has 0 bridgehead atoms. The first-order valence-electron chi connectivity index (χ1n) is 29.0. The van der Waals surface area contributed by atoms with Gasteiger partial charge in [0.25, 0.3) is 0 Å². The number of hydrogen-bond acceptors (Lipinski definition) is 17. The van der Waals surface area contributed by atoms with Gasteiger partial charge in [0.05, 0.1) is 18.1 Å². The molecule has 452 valence electrons. The molecule has 5 aliphatic carbocycles. The van der Waals surface area contributed by atoms with Crippen molar-refractivity contribution < 1.29 is 97.6 Å². The van der Waals surface area contributed by atoms with E-state index in [1.807, 2.05) is 57.2 Å². The molecule has 0 aromatic heterocycles. The lowest BCUT2D eigenvalue weighted by atomic mass is 9.33. The fourth-order valence-corrected chi connectivity index (χ4v) is 16.8. The van der Waals surface area contributed by atoms with Crippen LogP contribution in [-0.4, -0.2) is 159 Å². The van der Waals surface area contributed by atoms with E-state index in [-0.39, 0.29) is 47.0 Å². The summed E-state index contributed by atoms with van der Waals surface area (Å²) in [4.78, 5) is 51.3. The van der Waals surface area contributed by atoms with Crippen LogP contribution in [0.25, 0.3) is 0 Å². The van der Waals surface area contributed by atoms with Gasteiger partial charge in [0, 0.05) is 24.4 Å². The number of carboxylic acid groups (broad SMARTS) is 3. The second-order valence-electron chi connectivity index (χ2n) is 26.9. The Balaban J connectivity index is 0.000000259. The van der Waals surface area contributed by atoms with Crippen LogP contribution in [0.5, 0.6) is 17.2 Å². The van der Waals surface area contributed by atoms with Crippen molar-refractivity contribution in [3.63, 3.8) is 0 Å². The number of carboxylic acids is 3. The van der Waals surface area contributed by atoms with E-state index in [4.69, 9.17) is 33.2 Å². The Morgan fingerprint density at radius 3 is 2.06 bits per heavy atom. The van der Waals surface area contributed by atoms with Crippen molar-refractivity contribution in [2.75, 3.05) is 26.5 Å². The van der Waals surface area contributed by atoms with Crippen LogP contribution in [-0.2, 0) is 38.1 Å². The van der Waals surface area contributed by atoms with Crippen LogP contribution in [0.1, 0.15) is 124 Å². The van der Waals surface area contributed by atoms with Crippen LogP contribution in [0.2, 0.25) is 0 Å². The number of ether oxygens (including phenoxy) is 7. The third-order valence-electron chi connectivity index (χ3n) is 21.9. The molecule has 9 N–H and O–H groups in total. The monoisotopic (exact) mass is 1150 g/mol. The molecule has 0 amide bonds. The number of carbonyl (C=O) groups is 4. The van der Waals surface area contributed by atoms with Gasteiger partial charge in [-0.15, -0.1) is 0 Å². The molecule has 0 radical (unpaired) electrons. The molecule has 2 aromatic rings. The summed E-state index contributed by atoms with van der Waals surface area (Å²) in [5.74, 6) is -1.68. The van der Waals surface area contributed by atoms with Gasteiger partial charge < -0.3 is 79.3 Å². The number of halogens is 1. The first-order valence-corrected chi connectivity index (χ1v) is 29.0. The van der Waals surface area contributed by atoms with E-state index in [0.29, 0.717) is 44.1 Å². The predicted octanol–water partition coefficient (Wildman–Crippen LogP) is 5.57. The molecule has 0 spiro atoms. The number of aliphatic hydroxyl groups excluding tert-OH is 5. The molecule has 82 heavy (non-hydrogen) atoms. The highest BCUT2D eigenvalue weighted by Gasteiger charge is 2.71. The van der Waals surface area contributed by atoms with Crippen LogP contribution in [0, 0.1) is 62.0 Å². The molecule has 4 aliphatic heterocycles. The average Bonchev–Trinajstić information content (AvgIpc) is 0.788. The first kappa shape index (κ1) is 60.3. The van der Waals surface area contributed by atoms with Gasteiger partial charge in [-0.3, -0.25) is 9.59 Å². The van der Waals surface area contributed by atoms with E-state index in [0.717, 1.165) is 74.4 Å². The number of hydrogen-bond donors (Lipinski definition) is 9. The number of fused-ring (bicyclic) bond motifs is 8. The zero-order chi connectivity index (χ0) is 59.2. The van der Waals surface area contributed by atoms with Crippen LogP contribution < -0.4 is 19.5 Å². The maximum atomic E-state index is 14.8. The van der Waals surface area contributed by atoms with E-state index < -0.39 is 107 Å². The van der Waals surface area contributed by atoms with Crippen molar-refractivity contribution in [1.29, 1.82) is 0 Å². The summed E-state index contributed by atoms with van der Waals surface area (Å²) >= 11 is 0. The molecule has 21 atom stereocenters. The van der Waals surface area contributed by atoms with Gasteiger partial charge in [-0.25, -0.2) is 14.0 Å². The number of aliphatic hydroxyl groups is 5. The number of nitrogens with one attached hydrogen (secondary N) is 1. The number of benzene rings is 2. The van der Waals surface area contributed by atoms with Crippen molar-refractivity contribution in [3.05, 3.63) is 65.5 Å². The fraction of sp³-hybridized carbons (Fsp3) is 0.705. The normalized spacial score (nSPS) is 43.7. The molecule has 9 aliphatic rings. The summed E-state index contributed by atoms with van der Waals surface area (Å²) in [6.07, 6.45) is -11.2. The molecule has 4 unspecified atom stereocenters. The summed E-state index contributed by atoms with van der Waals surface area (Å²) in [6.45, 7) is 17.6. The van der Waals surface area contributed by atoms with E-state index in [1.165, 1.54) is 17.7 Å². The molecule has 20 nitrogen and oxygen atoms in total. The smallest absolute Gasteiger partial charge is 0.335 e. The predicted molar refractivity (Wildman–Crippen MR) is 288 cm³/mol. The van der Waals surface area contributed by atoms with E-state index in [2.05, 4.69) is 33.0 Å². The topological polar surface area (TPSA) is 307 Å². The molecule has 7 fully saturated rings. The molecule has 11 rings (SSSR count). The second kappa shape index (κ2) is 22.2. The lowest BCUT2D eigenvalue weighted by Crippen LogP contribution is -2.68. The van der Waals surface area contributed by atoms with Gasteiger partial charge >= 0.3 is 17.9 Å². The van der Waals surface area contributed by atoms with Gasteiger partial charge in [-0.05, 0) is 158 Å². The van der Waals surface area contributed by atoms with Crippen molar-refractivity contribution in [2.45, 2.75) is 186 Å². The minimum absolute atomic E-state index is 0.0217. The van der Waals surface area contributed by atoms with Gasteiger partial charge in [0.2, 0.25) is 6.79 Å². The Morgan fingerprint density at radius 2 is 1.38 bits per heavy atom. The van der Waals surface area contributed by atoms with Crippen LogP contribution in [0.3, 0.4) is 0 Å². The van der Waals surface area contributed by atoms with Gasteiger partial charge in [-0.1, -0.05) is 59.2 Å². The van der Waals surface area contributed by atoms with E-state index in [9.17, 15) is 64.4 Å². The lowest BCUT2D eigenvalue weighted by molar-refractivity contribution is -0.371. The van der Waals surface area contributed by atoms with Crippen LogP contribution in [0.4, 0.5) is 4.39 Å². The Bertz CT molecular complexity index is 2780. The number of rotatable bonds is 11. The van der Waals surface area contributed by atoms with Crippen LogP contribution in [0.15, 0.2) is 54.1 Å². The Morgan fingerprint density at radius 1 is 0.720 bits per heavy atom. The zero-order valence-electron chi connectivity index (χ0n) is 47.7. The summed E-state index contributed by atoms with van der Waals surface area (Å²) in [5.41, 5.74) is -0.632. The van der Waals surface area contributed by atoms with E-state index >= 15 is 0 Å². The Kier molecular flexibility index (Phi) is 16.4. The highest BCUT2D eigenvalue weighted by Crippen LogP contribution is 2.75. The Hall–Kier alpha value is -4.81. The van der Waals surface area contributed by atoms with Crippen LogP contribution >= 0.6 is 0 Å². The summed E-state index contributed by atoms with van der Waals surface area (Å²) in [5, 5.41) is 86.4. The summed E-state index contributed by atoms with van der Waals surface area (Å²) in [6, 6.07) is 12.5.